The second-order valence-electron chi connectivity index (χ2n) is 8.11. The molecule has 2 aliphatic heterocycles. The number of ether oxygens (including phenoxy) is 2. The van der Waals surface area contributed by atoms with E-state index in [9.17, 15) is 4.79 Å². The zero-order valence-corrected chi connectivity index (χ0v) is 18.5. The van der Waals surface area contributed by atoms with Gasteiger partial charge in [0.15, 0.2) is 0 Å². The van der Waals surface area contributed by atoms with E-state index < -0.39 is 0 Å². The molecule has 1 amide bonds. The molecular weight excluding hydrogens is 398 g/mol. The van der Waals surface area contributed by atoms with E-state index in [2.05, 4.69) is 15.3 Å². The molecule has 1 saturated heterocycles. The van der Waals surface area contributed by atoms with Crippen LogP contribution in [0.4, 0.5) is 0 Å². The average Bonchev–Trinajstić information content (AvgIpc) is 3.28. The molecule has 3 heterocycles. The topological polar surface area (TPSA) is 54.9 Å². The van der Waals surface area contributed by atoms with Gasteiger partial charge in [-0.05, 0) is 50.4 Å². The molecule has 2 aromatic rings. The Morgan fingerprint density at radius 1 is 1.20 bits per heavy atom. The fraction of sp³-hybridized carbons (Fsp3) is 0.565. The summed E-state index contributed by atoms with van der Waals surface area (Å²) < 4.78 is 11.8. The number of hydrogen-bond acceptors (Lipinski definition) is 6. The van der Waals surface area contributed by atoms with Crippen LogP contribution in [0.5, 0.6) is 5.75 Å². The Morgan fingerprint density at radius 2 is 2.13 bits per heavy atom. The van der Waals surface area contributed by atoms with Crippen LogP contribution in [0.2, 0.25) is 0 Å². The summed E-state index contributed by atoms with van der Waals surface area (Å²) in [6, 6.07) is 7.75. The molecule has 1 aromatic heterocycles. The molecule has 6 nitrogen and oxygen atoms in total. The van der Waals surface area contributed by atoms with Gasteiger partial charge in [0.2, 0.25) is 0 Å². The molecule has 1 fully saturated rings. The van der Waals surface area contributed by atoms with Gasteiger partial charge in [-0.15, -0.1) is 11.3 Å². The first-order chi connectivity index (χ1) is 14.7. The largest absolute Gasteiger partial charge is 0.492 e. The van der Waals surface area contributed by atoms with Crippen LogP contribution in [0.25, 0.3) is 0 Å². The molecule has 2 atom stereocenters. The van der Waals surface area contributed by atoms with Gasteiger partial charge in [-0.25, -0.2) is 4.98 Å². The van der Waals surface area contributed by atoms with Crippen LogP contribution >= 0.6 is 11.3 Å². The second kappa shape index (κ2) is 10.4. The third-order valence-corrected chi connectivity index (χ3v) is 6.77. The van der Waals surface area contributed by atoms with E-state index in [4.69, 9.17) is 9.47 Å². The minimum Gasteiger partial charge on any atom is -0.492 e. The molecule has 0 N–H and O–H groups in total. The zero-order valence-electron chi connectivity index (χ0n) is 17.7. The van der Waals surface area contributed by atoms with E-state index in [0.29, 0.717) is 12.2 Å². The molecule has 0 radical (unpaired) electrons. The Balaban J connectivity index is 1.54. The summed E-state index contributed by atoms with van der Waals surface area (Å²) in [6.45, 7) is 4.08. The van der Waals surface area contributed by atoms with E-state index in [0.717, 1.165) is 69.7 Å². The lowest BCUT2D eigenvalue weighted by Gasteiger charge is -2.41. The highest BCUT2D eigenvalue weighted by atomic mass is 32.1. The molecular formula is C23H31N3O3S. The smallest absolute Gasteiger partial charge is 0.254 e. The zero-order chi connectivity index (χ0) is 20.8. The van der Waals surface area contributed by atoms with Crippen molar-refractivity contribution in [2.75, 3.05) is 33.4 Å². The van der Waals surface area contributed by atoms with Crippen molar-refractivity contribution in [3.63, 3.8) is 0 Å². The number of nitrogens with zero attached hydrogens (tertiary/aromatic N) is 3. The van der Waals surface area contributed by atoms with Gasteiger partial charge in [0.05, 0.1) is 23.4 Å². The molecule has 0 saturated carbocycles. The Bertz CT molecular complexity index is 814. The first-order valence-corrected chi connectivity index (χ1v) is 11.8. The third kappa shape index (κ3) is 5.20. The number of piperidine rings is 1. The molecule has 4 rings (SSSR count). The standard InChI is InChI=1S/C23H31N3O3S/c1-28-22-9-5-11-26-21(22)8-2-3-10-25(15-19-16-30-17-24-19)12-13-29-20-7-4-6-18(14-20)23(26)27/h4,6-7,14,16-17,21-22H,2-3,5,8-13,15H2,1H3/t21-,22-/m1/s1. The van der Waals surface area contributed by atoms with Crippen LogP contribution in [0.15, 0.2) is 35.2 Å². The number of benzene rings is 1. The van der Waals surface area contributed by atoms with E-state index in [1.165, 1.54) is 0 Å². The van der Waals surface area contributed by atoms with Crippen molar-refractivity contribution < 1.29 is 14.3 Å². The fourth-order valence-corrected chi connectivity index (χ4v) is 5.12. The van der Waals surface area contributed by atoms with Crippen LogP contribution in [0.3, 0.4) is 0 Å². The molecule has 2 aliphatic rings. The lowest BCUT2D eigenvalue weighted by Crippen LogP contribution is -2.51. The van der Waals surface area contributed by atoms with E-state index in [-0.39, 0.29) is 18.1 Å². The number of amides is 1. The van der Waals surface area contributed by atoms with Crippen LogP contribution in [-0.4, -0.2) is 66.2 Å². The van der Waals surface area contributed by atoms with Gasteiger partial charge >= 0.3 is 0 Å². The lowest BCUT2D eigenvalue weighted by molar-refractivity contribution is -0.0156. The highest BCUT2D eigenvalue weighted by Crippen LogP contribution is 2.27. The quantitative estimate of drug-likeness (QED) is 0.742. The molecule has 162 valence electrons. The fourth-order valence-electron chi connectivity index (χ4n) is 4.57. The summed E-state index contributed by atoms with van der Waals surface area (Å²) in [4.78, 5) is 22.2. The predicted molar refractivity (Wildman–Crippen MR) is 118 cm³/mol. The molecule has 0 unspecified atom stereocenters. The number of hydrogen-bond donors (Lipinski definition) is 0. The summed E-state index contributed by atoms with van der Waals surface area (Å²) in [5.74, 6) is 0.845. The third-order valence-electron chi connectivity index (χ3n) is 6.13. The van der Waals surface area contributed by atoms with Gasteiger partial charge in [-0.3, -0.25) is 9.69 Å². The minimum atomic E-state index is 0.0921. The normalized spacial score (nSPS) is 24.0. The van der Waals surface area contributed by atoms with Crippen LogP contribution < -0.4 is 4.74 Å². The lowest BCUT2D eigenvalue weighted by atomic mass is 9.93. The van der Waals surface area contributed by atoms with Crippen molar-refractivity contribution in [2.45, 2.75) is 50.8 Å². The van der Waals surface area contributed by atoms with Crippen molar-refractivity contribution in [2.24, 2.45) is 0 Å². The number of carbonyl (C=O) groups excluding carboxylic acids is 1. The first-order valence-electron chi connectivity index (χ1n) is 10.9. The van der Waals surface area contributed by atoms with Crippen molar-refractivity contribution in [1.82, 2.24) is 14.8 Å². The van der Waals surface area contributed by atoms with Gasteiger partial charge in [-0.2, -0.15) is 0 Å². The van der Waals surface area contributed by atoms with Gasteiger partial charge in [0, 0.05) is 37.7 Å². The summed E-state index contributed by atoms with van der Waals surface area (Å²) >= 11 is 1.64. The first kappa shape index (κ1) is 21.3. The number of thiazole rings is 1. The monoisotopic (exact) mass is 429 g/mol. The molecule has 1 aromatic carbocycles. The SMILES string of the molecule is CO[C@@H]1CCCN2C(=O)c3cccc(c3)OCCN(Cc3cscn3)CCCC[C@H]12. The average molecular weight is 430 g/mol. The van der Waals surface area contributed by atoms with Crippen molar-refractivity contribution in [1.29, 1.82) is 0 Å². The van der Waals surface area contributed by atoms with E-state index >= 15 is 0 Å². The summed E-state index contributed by atoms with van der Waals surface area (Å²) in [7, 11) is 1.77. The van der Waals surface area contributed by atoms with Gasteiger partial charge in [0.25, 0.3) is 5.91 Å². The van der Waals surface area contributed by atoms with Crippen LogP contribution in [-0.2, 0) is 11.3 Å². The van der Waals surface area contributed by atoms with Crippen LogP contribution in [0, 0.1) is 0 Å². The predicted octanol–water partition coefficient (Wildman–Crippen LogP) is 3.83. The van der Waals surface area contributed by atoms with Gasteiger partial charge in [0.1, 0.15) is 12.4 Å². The molecule has 7 heteroatoms. The van der Waals surface area contributed by atoms with Crippen molar-refractivity contribution in [3.05, 3.63) is 46.4 Å². The number of carbonyl (C=O) groups is 1. The summed E-state index contributed by atoms with van der Waals surface area (Å²) in [6.07, 6.45) is 5.25. The number of aromatic nitrogens is 1. The Kier molecular flexibility index (Phi) is 7.36. The highest BCUT2D eigenvalue weighted by molar-refractivity contribution is 7.07. The second-order valence-corrected chi connectivity index (χ2v) is 8.83. The minimum absolute atomic E-state index is 0.0921. The molecule has 0 aliphatic carbocycles. The maximum atomic E-state index is 13.3. The van der Waals surface area contributed by atoms with Gasteiger partial charge in [-0.1, -0.05) is 12.5 Å². The maximum Gasteiger partial charge on any atom is 0.254 e. The molecule has 0 spiro atoms. The van der Waals surface area contributed by atoms with Gasteiger partial charge < -0.3 is 14.4 Å². The van der Waals surface area contributed by atoms with E-state index in [1.807, 2.05) is 34.7 Å². The number of fused-ring (bicyclic) bond motifs is 3. The molecule has 30 heavy (non-hydrogen) atoms. The Morgan fingerprint density at radius 3 is 2.97 bits per heavy atom. The van der Waals surface area contributed by atoms with E-state index in [1.54, 1.807) is 18.4 Å². The van der Waals surface area contributed by atoms with Crippen LogP contribution in [0.1, 0.15) is 48.2 Å². The Labute approximate surface area is 182 Å². The Hall–Kier alpha value is -1.96. The number of methoxy groups -OCH3 is 1. The summed E-state index contributed by atoms with van der Waals surface area (Å²) in [5.41, 5.74) is 3.71. The van der Waals surface area contributed by atoms with Crippen molar-refractivity contribution >= 4 is 17.2 Å². The maximum absolute atomic E-state index is 13.3. The van der Waals surface area contributed by atoms with Crippen molar-refractivity contribution in [3.8, 4) is 5.75 Å². The number of rotatable bonds is 3. The highest BCUT2D eigenvalue weighted by Gasteiger charge is 2.34. The summed E-state index contributed by atoms with van der Waals surface area (Å²) in [5, 5.41) is 2.12. The molecule has 2 bridgehead atoms.